The molecule has 58 valence electrons. The van der Waals surface area contributed by atoms with Crippen molar-refractivity contribution in [3.05, 3.63) is 0 Å². The van der Waals surface area contributed by atoms with Gasteiger partial charge in [-0.15, -0.1) is 0 Å². The summed E-state index contributed by atoms with van der Waals surface area (Å²) in [5, 5.41) is 2.83. The summed E-state index contributed by atoms with van der Waals surface area (Å²) in [4.78, 5) is 12.3. The van der Waals surface area contributed by atoms with Gasteiger partial charge in [-0.2, -0.15) is 0 Å². The van der Waals surface area contributed by atoms with E-state index in [1.54, 1.807) is 4.90 Å². The van der Waals surface area contributed by atoms with Crippen molar-refractivity contribution in [2.75, 3.05) is 19.6 Å². The second kappa shape index (κ2) is 3.21. The first-order chi connectivity index (χ1) is 4.72. The Morgan fingerprint density at radius 3 is 2.90 bits per heavy atom. The number of carbonyl (C=O) groups is 1. The Morgan fingerprint density at radius 2 is 2.50 bits per heavy atom. The zero-order valence-electron chi connectivity index (χ0n) is 5.93. The predicted molar refractivity (Wildman–Crippen MR) is 40.3 cm³/mol. The van der Waals surface area contributed by atoms with Gasteiger partial charge in [-0.3, -0.25) is 4.79 Å². The van der Waals surface area contributed by atoms with E-state index in [9.17, 15) is 4.79 Å². The molecular weight excluding hydrogens is 152 g/mol. The Kier molecular flexibility index (Phi) is 2.51. The molecule has 1 N–H and O–H groups in total. The van der Waals surface area contributed by atoms with Crippen LogP contribution in [0.25, 0.3) is 0 Å². The fraction of sp³-hybridized carbons (Fsp3) is 0.833. The first-order valence-corrected chi connectivity index (χ1v) is 3.76. The van der Waals surface area contributed by atoms with Crippen molar-refractivity contribution in [1.82, 2.24) is 10.2 Å². The summed E-state index contributed by atoms with van der Waals surface area (Å²) in [5.41, 5.74) is 0. The van der Waals surface area contributed by atoms with E-state index in [1.165, 1.54) is 0 Å². The van der Waals surface area contributed by atoms with Gasteiger partial charge in [-0.25, -0.2) is 0 Å². The molecule has 1 fully saturated rings. The Bertz CT molecular complexity index is 140. The maximum Gasteiger partial charge on any atom is 0.316 e. The van der Waals surface area contributed by atoms with Crippen molar-refractivity contribution in [1.29, 1.82) is 0 Å². The molecule has 0 aromatic carbocycles. The highest BCUT2D eigenvalue weighted by Crippen LogP contribution is 2.05. The monoisotopic (exact) mass is 162 g/mol. The average molecular weight is 163 g/mol. The number of carbonyl (C=O) groups excluding carboxylic acids is 1. The van der Waals surface area contributed by atoms with E-state index in [4.69, 9.17) is 11.6 Å². The number of nitrogens with zero attached hydrogens (tertiary/aromatic N) is 1. The fourth-order valence-corrected chi connectivity index (χ4v) is 1.35. The summed E-state index contributed by atoms with van der Waals surface area (Å²) in [5.74, 6) is 0. The lowest BCUT2D eigenvalue weighted by molar-refractivity contribution is 0.187. The molecule has 1 heterocycles. The molecule has 4 heteroatoms. The number of piperazine rings is 1. The largest absolute Gasteiger partial charge is 0.324 e. The second-order valence-electron chi connectivity index (χ2n) is 2.50. The van der Waals surface area contributed by atoms with Gasteiger partial charge in [-0.05, 0) is 18.5 Å². The van der Waals surface area contributed by atoms with Crippen LogP contribution in [-0.4, -0.2) is 35.9 Å². The van der Waals surface area contributed by atoms with Crippen LogP contribution in [0.15, 0.2) is 0 Å². The molecule has 0 spiro atoms. The van der Waals surface area contributed by atoms with Gasteiger partial charge in [0.1, 0.15) is 0 Å². The second-order valence-corrected chi connectivity index (χ2v) is 2.82. The van der Waals surface area contributed by atoms with Gasteiger partial charge in [-0.1, -0.05) is 0 Å². The first kappa shape index (κ1) is 7.82. The zero-order valence-corrected chi connectivity index (χ0v) is 6.69. The lowest BCUT2D eigenvalue weighted by atomic mass is 10.2. The summed E-state index contributed by atoms with van der Waals surface area (Å²) in [6, 6.07) is 0.235. The lowest BCUT2D eigenvalue weighted by Crippen LogP contribution is -2.50. The third-order valence-corrected chi connectivity index (χ3v) is 1.94. The zero-order chi connectivity index (χ0) is 7.56. The summed E-state index contributed by atoms with van der Waals surface area (Å²) in [6.07, 6.45) is 0. The van der Waals surface area contributed by atoms with Crippen LogP contribution in [0.4, 0.5) is 4.79 Å². The van der Waals surface area contributed by atoms with E-state index < -0.39 is 0 Å². The van der Waals surface area contributed by atoms with Gasteiger partial charge in [0.15, 0.2) is 0 Å². The van der Waals surface area contributed by atoms with Gasteiger partial charge >= 0.3 is 5.37 Å². The minimum atomic E-state index is -0.339. The van der Waals surface area contributed by atoms with Gasteiger partial charge < -0.3 is 10.2 Å². The molecule has 3 nitrogen and oxygen atoms in total. The lowest BCUT2D eigenvalue weighted by Gasteiger charge is -2.31. The molecule has 1 aliphatic heterocycles. The van der Waals surface area contributed by atoms with E-state index in [0.717, 1.165) is 19.6 Å². The van der Waals surface area contributed by atoms with Crippen LogP contribution >= 0.6 is 11.6 Å². The standard InChI is InChI=1S/C6H11ClN2O/c1-5-4-8-2-3-9(5)6(7)10/h5,8H,2-4H2,1H3/t5-/m1/s1. The summed E-state index contributed by atoms with van der Waals surface area (Å²) < 4.78 is 0. The molecule has 0 aliphatic carbocycles. The van der Waals surface area contributed by atoms with Crippen LogP contribution in [0.5, 0.6) is 0 Å². The van der Waals surface area contributed by atoms with E-state index in [1.807, 2.05) is 6.92 Å². The van der Waals surface area contributed by atoms with Crippen molar-refractivity contribution >= 4 is 17.0 Å². The average Bonchev–Trinajstić information content (AvgIpc) is 1.88. The van der Waals surface area contributed by atoms with Crippen molar-refractivity contribution in [3.63, 3.8) is 0 Å². The number of amides is 1. The summed E-state index contributed by atoms with van der Waals surface area (Å²) in [7, 11) is 0. The molecule has 0 aromatic rings. The summed E-state index contributed by atoms with van der Waals surface area (Å²) in [6.45, 7) is 4.40. The normalized spacial score (nSPS) is 26.6. The van der Waals surface area contributed by atoms with E-state index in [0.29, 0.717) is 0 Å². The predicted octanol–water partition coefficient (Wildman–Crippen LogP) is 0.639. The Labute approximate surface area is 65.3 Å². The minimum absolute atomic E-state index is 0.235. The Balaban J connectivity index is 2.47. The topological polar surface area (TPSA) is 32.3 Å². The third kappa shape index (κ3) is 1.61. The number of nitrogens with one attached hydrogen (secondary N) is 1. The molecule has 0 aromatic heterocycles. The maximum atomic E-state index is 10.7. The quantitative estimate of drug-likeness (QED) is 0.419. The first-order valence-electron chi connectivity index (χ1n) is 3.38. The molecule has 1 aliphatic rings. The molecule has 1 saturated heterocycles. The highest BCUT2D eigenvalue weighted by Gasteiger charge is 2.20. The fourth-order valence-electron chi connectivity index (χ4n) is 1.10. The van der Waals surface area contributed by atoms with Gasteiger partial charge in [0.25, 0.3) is 0 Å². The molecule has 1 amide bonds. The third-order valence-electron chi connectivity index (χ3n) is 1.73. The van der Waals surface area contributed by atoms with Crippen molar-refractivity contribution in [3.8, 4) is 0 Å². The van der Waals surface area contributed by atoms with Gasteiger partial charge in [0.05, 0.1) is 0 Å². The van der Waals surface area contributed by atoms with E-state index in [-0.39, 0.29) is 11.4 Å². The maximum absolute atomic E-state index is 10.7. The molecule has 1 rings (SSSR count). The van der Waals surface area contributed by atoms with Crippen LogP contribution in [0, 0.1) is 0 Å². The highest BCUT2D eigenvalue weighted by molar-refractivity contribution is 6.62. The SMILES string of the molecule is C[C@@H]1CNCCN1C(=O)Cl. The van der Waals surface area contributed by atoms with Crippen LogP contribution in [0.2, 0.25) is 0 Å². The number of rotatable bonds is 0. The van der Waals surface area contributed by atoms with E-state index in [2.05, 4.69) is 5.32 Å². The van der Waals surface area contributed by atoms with Crippen LogP contribution < -0.4 is 5.32 Å². The van der Waals surface area contributed by atoms with Crippen molar-refractivity contribution in [2.45, 2.75) is 13.0 Å². The number of halogens is 1. The summed E-state index contributed by atoms with van der Waals surface area (Å²) >= 11 is 5.31. The van der Waals surface area contributed by atoms with Crippen LogP contribution in [0.3, 0.4) is 0 Å². The molecule has 1 atom stereocenters. The smallest absolute Gasteiger partial charge is 0.316 e. The molecule has 10 heavy (non-hydrogen) atoms. The number of hydrogen-bond acceptors (Lipinski definition) is 2. The molecule has 0 saturated carbocycles. The molecular formula is C6H11ClN2O. The highest BCUT2D eigenvalue weighted by atomic mass is 35.5. The van der Waals surface area contributed by atoms with Crippen molar-refractivity contribution in [2.24, 2.45) is 0 Å². The van der Waals surface area contributed by atoms with E-state index >= 15 is 0 Å². The Hall–Kier alpha value is -0.280. The van der Waals surface area contributed by atoms with Crippen LogP contribution in [0.1, 0.15) is 6.92 Å². The van der Waals surface area contributed by atoms with Gasteiger partial charge in [0.2, 0.25) is 0 Å². The molecule has 0 bridgehead atoms. The molecule has 0 radical (unpaired) electrons. The minimum Gasteiger partial charge on any atom is -0.324 e. The van der Waals surface area contributed by atoms with Gasteiger partial charge in [0, 0.05) is 25.7 Å². The van der Waals surface area contributed by atoms with Crippen molar-refractivity contribution < 1.29 is 4.79 Å². The molecule has 0 unspecified atom stereocenters. The number of hydrogen-bond donors (Lipinski definition) is 1. The van der Waals surface area contributed by atoms with Crippen LogP contribution in [-0.2, 0) is 0 Å². The Morgan fingerprint density at radius 1 is 1.80 bits per heavy atom.